The number of pyridine rings is 1. The minimum absolute atomic E-state index is 0.0832. The van der Waals surface area contributed by atoms with Crippen molar-refractivity contribution in [3.8, 4) is 0 Å². The van der Waals surface area contributed by atoms with Gasteiger partial charge in [-0.15, -0.1) is 0 Å². The maximum Gasteiger partial charge on any atom is 0.326 e. The molecule has 2 aromatic heterocycles. The lowest BCUT2D eigenvalue weighted by atomic mass is 10.0. The molecule has 1 aliphatic heterocycles. The molecule has 0 saturated carbocycles. The Bertz CT molecular complexity index is 988. The van der Waals surface area contributed by atoms with Crippen LogP contribution in [0.5, 0.6) is 0 Å². The number of H-pyrrole nitrogens is 1. The van der Waals surface area contributed by atoms with E-state index in [1.54, 1.807) is 29.1 Å². The zero-order valence-electron chi connectivity index (χ0n) is 14.2. The van der Waals surface area contributed by atoms with Crippen molar-refractivity contribution < 1.29 is 4.79 Å². The van der Waals surface area contributed by atoms with Crippen LogP contribution in [0.4, 0.5) is 0 Å². The van der Waals surface area contributed by atoms with E-state index >= 15 is 0 Å². The number of aromatic amines is 1. The smallest absolute Gasteiger partial charge is 0.326 e. The molecule has 1 aromatic carbocycles. The second kappa shape index (κ2) is 6.96. The molecule has 6 nitrogen and oxygen atoms in total. The minimum Gasteiger partial charge on any atom is -0.342 e. The predicted molar refractivity (Wildman–Crippen MR) is 100 cm³/mol. The lowest BCUT2D eigenvalue weighted by Crippen LogP contribution is -2.41. The molecule has 1 saturated heterocycles. The zero-order valence-corrected chi connectivity index (χ0v) is 14.9. The average molecular weight is 371 g/mol. The first-order valence-electron chi connectivity index (χ1n) is 8.68. The number of nitrogens with zero attached hydrogens (tertiary/aromatic N) is 3. The molecule has 0 spiro atoms. The molecule has 1 amide bonds. The fraction of sp³-hybridized carbons (Fsp3) is 0.316. The van der Waals surface area contributed by atoms with Crippen LogP contribution in [0.3, 0.4) is 0 Å². The Morgan fingerprint density at radius 2 is 2.08 bits per heavy atom. The number of benzene rings is 1. The third-order valence-corrected chi connectivity index (χ3v) is 5.17. The quantitative estimate of drug-likeness (QED) is 0.770. The van der Waals surface area contributed by atoms with Crippen molar-refractivity contribution in [1.29, 1.82) is 0 Å². The highest BCUT2D eigenvalue weighted by molar-refractivity contribution is 6.31. The van der Waals surface area contributed by atoms with Crippen molar-refractivity contribution in [3.63, 3.8) is 0 Å². The maximum absolute atomic E-state index is 12.5. The van der Waals surface area contributed by atoms with Crippen molar-refractivity contribution in [1.82, 2.24) is 19.4 Å². The van der Waals surface area contributed by atoms with Crippen LogP contribution in [0, 0.1) is 0 Å². The monoisotopic (exact) mass is 370 g/mol. The summed E-state index contributed by atoms with van der Waals surface area (Å²) in [5.74, 6) is 0.106. The van der Waals surface area contributed by atoms with Crippen LogP contribution in [-0.2, 0) is 11.2 Å². The second-order valence-electron chi connectivity index (χ2n) is 6.61. The number of fused-ring (bicyclic) bond motifs is 1. The van der Waals surface area contributed by atoms with Gasteiger partial charge in [0, 0.05) is 36.5 Å². The Labute approximate surface area is 155 Å². The van der Waals surface area contributed by atoms with Gasteiger partial charge < -0.3 is 9.88 Å². The number of likely N-dealkylation sites (tertiary alicyclic amines) is 1. The van der Waals surface area contributed by atoms with E-state index in [-0.39, 0.29) is 17.6 Å². The van der Waals surface area contributed by atoms with Crippen LogP contribution in [0.25, 0.3) is 11.0 Å². The van der Waals surface area contributed by atoms with E-state index in [4.69, 9.17) is 11.6 Å². The first-order valence-corrected chi connectivity index (χ1v) is 9.06. The molecular weight excluding hydrogens is 352 g/mol. The summed E-state index contributed by atoms with van der Waals surface area (Å²) in [6.07, 6.45) is 5.30. The van der Waals surface area contributed by atoms with E-state index in [1.807, 2.05) is 23.1 Å². The number of aromatic nitrogens is 3. The first kappa shape index (κ1) is 16.8. The fourth-order valence-corrected chi connectivity index (χ4v) is 3.80. The van der Waals surface area contributed by atoms with Gasteiger partial charge in [-0.05, 0) is 42.7 Å². The molecule has 1 N–H and O–H groups in total. The summed E-state index contributed by atoms with van der Waals surface area (Å²) in [6, 6.07) is 9.26. The van der Waals surface area contributed by atoms with Gasteiger partial charge in [0.05, 0.1) is 17.5 Å². The first-order chi connectivity index (χ1) is 12.6. The van der Waals surface area contributed by atoms with Gasteiger partial charge in [-0.2, -0.15) is 0 Å². The van der Waals surface area contributed by atoms with E-state index in [0.29, 0.717) is 24.5 Å². The number of hydrogen-bond donors (Lipinski definition) is 1. The van der Waals surface area contributed by atoms with Crippen LogP contribution < -0.4 is 5.69 Å². The van der Waals surface area contributed by atoms with Crippen LogP contribution >= 0.6 is 11.6 Å². The molecule has 134 valence electrons. The highest BCUT2D eigenvalue weighted by Crippen LogP contribution is 2.26. The Kier molecular flexibility index (Phi) is 4.51. The fourth-order valence-electron chi connectivity index (χ4n) is 3.63. The van der Waals surface area contributed by atoms with Crippen LogP contribution in [-0.4, -0.2) is 38.4 Å². The third-order valence-electron chi connectivity index (χ3n) is 4.94. The number of carbonyl (C=O) groups excluding carboxylic acids is 1. The normalized spacial score (nSPS) is 15.5. The number of halogens is 1. The molecule has 3 heterocycles. The predicted octanol–water partition coefficient (Wildman–Crippen LogP) is 2.78. The van der Waals surface area contributed by atoms with Crippen LogP contribution in [0.1, 0.15) is 24.4 Å². The molecule has 1 aliphatic rings. The standard InChI is InChI=1S/C19H19ClN4O2/c20-14-3-4-17-16(11-14)22-19(26)24(17)15-5-8-23(9-6-15)18(25)10-13-2-1-7-21-12-13/h1-4,7,11-12,15H,5-6,8-10H2,(H,22,26). The Morgan fingerprint density at radius 3 is 2.81 bits per heavy atom. The molecule has 0 atom stereocenters. The van der Waals surface area contributed by atoms with E-state index in [1.165, 1.54) is 0 Å². The number of piperidine rings is 1. The number of amides is 1. The molecule has 1 fully saturated rings. The average Bonchev–Trinajstić information content (AvgIpc) is 2.97. The highest BCUT2D eigenvalue weighted by Gasteiger charge is 2.26. The number of nitrogens with one attached hydrogen (secondary N) is 1. The van der Waals surface area contributed by atoms with Crippen molar-refractivity contribution in [3.05, 3.63) is 63.8 Å². The molecule has 3 aromatic rings. The van der Waals surface area contributed by atoms with Gasteiger partial charge in [-0.3, -0.25) is 14.3 Å². The summed E-state index contributed by atoms with van der Waals surface area (Å²) < 4.78 is 1.80. The minimum atomic E-state index is -0.123. The van der Waals surface area contributed by atoms with Gasteiger partial charge >= 0.3 is 5.69 Å². The Balaban J connectivity index is 1.46. The summed E-state index contributed by atoms with van der Waals surface area (Å²) in [7, 11) is 0. The van der Waals surface area contributed by atoms with Crippen molar-refractivity contribution in [2.75, 3.05) is 13.1 Å². The summed E-state index contributed by atoms with van der Waals surface area (Å²) in [5, 5.41) is 0.599. The lowest BCUT2D eigenvalue weighted by molar-refractivity contribution is -0.131. The number of imidazole rings is 1. The maximum atomic E-state index is 12.5. The van der Waals surface area contributed by atoms with E-state index < -0.39 is 0 Å². The van der Waals surface area contributed by atoms with Gasteiger partial charge in [0.2, 0.25) is 5.91 Å². The molecule has 4 rings (SSSR count). The molecule has 0 unspecified atom stereocenters. The van der Waals surface area contributed by atoms with E-state index in [9.17, 15) is 9.59 Å². The molecule has 26 heavy (non-hydrogen) atoms. The lowest BCUT2D eigenvalue weighted by Gasteiger charge is -2.32. The summed E-state index contributed by atoms with van der Waals surface area (Å²) >= 11 is 6.01. The number of rotatable bonds is 3. The molecular formula is C19H19ClN4O2. The van der Waals surface area contributed by atoms with Gasteiger partial charge in [0.1, 0.15) is 0 Å². The van der Waals surface area contributed by atoms with Gasteiger partial charge in [0.15, 0.2) is 0 Å². The molecule has 0 bridgehead atoms. The topological polar surface area (TPSA) is 71.0 Å². The Hall–Kier alpha value is -2.60. The zero-order chi connectivity index (χ0) is 18.1. The number of carbonyl (C=O) groups is 1. The van der Waals surface area contributed by atoms with Gasteiger partial charge in [0.25, 0.3) is 0 Å². The van der Waals surface area contributed by atoms with Gasteiger partial charge in [-0.1, -0.05) is 17.7 Å². The number of hydrogen-bond acceptors (Lipinski definition) is 3. The van der Waals surface area contributed by atoms with E-state index in [2.05, 4.69) is 9.97 Å². The highest BCUT2D eigenvalue weighted by atomic mass is 35.5. The Morgan fingerprint density at radius 1 is 1.27 bits per heavy atom. The summed E-state index contributed by atoms with van der Waals surface area (Å²) in [4.78, 5) is 33.7. The molecule has 7 heteroatoms. The second-order valence-corrected chi connectivity index (χ2v) is 7.05. The van der Waals surface area contributed by atoms with Crippen molar-refractivity contribution in [2.24, 2.45) is 0 Å². The summed E-state index contributed by atoms with van der Waals surface area (Å²) in [6.45, 7) is 1.30. The van der Waals surface area contributed by atoms with Crippen LogP contribution in [0.2, 0.25) is 5.02 Å². The van der Waals surface area contributed by atoms with E-state index in [0.717, 1.165) is 29.4 Å². The molecule has 0 aliphatic carbocycles. The largest absolute Gasteiger partial charge is 0.342 e. The third kappa shape index (κ3) is 3.24. The van der Waals surface area contributed by atoms with Crippen LogP contribution in [0.15, 0.2) is 47.5 Å². The van der Waals surface area contributed by atoms with Crippen molar-refractivity contribution in [2.45, 2.75) is 25.3 Å². The summed E-state index contributed by atoms with van der Waals surface area (Å²) in [5.41, 5.74) is 2.41. The van der Waals surface area contributed by atoms with Gasteiger partial charge in [-0.25, -0.2) is 4.79 Å². The molecule has 0 radical (unpaired) electrons. The SMILES string of the molecule is O=C(Cc1cccnc1)N1CCC(n2c(=O)[nH]c3cc(Cl)ccc32)CC1. The van der Waals surface area contributed by atoms with Crippen molar-refractivity contribution >= 4 is 28.5 Å².